The van der Waals surface area contributed by atoms with E-state index in [9.17, 15) is 0 Å². The lowest BCUT2D eigenvalue weighted by molar-refractivity contribution is 0.544. The van der Waals surface area contributed by atoms with Gasteiger partial charge in [-0.25, -0.2) is 0 Å². The zero-order valence-corrected chi connectivity index (χ0v) is 9.13. The minimum Gasteiger partial charge on any atom is -0.159 e. The van der Waals surface area contributed by atoms with Crippen LogP contribution in [0.1, 0.15) is 51.8 Å². The first kappa shape index (κ1) is 10.2. The van der Waals surface area contributed by atoms with E-state index >= 15 is 0 Å². The third kappa shape index (κ3) is 2.27. The van der Waals surface area contributed by atoms with Gasteiger partial charge in [-0.3, -0.25) is 0 Å². The van der Waals surface area contributed by atoms with E-state index < -0.39 is 0 Å². The maximum atomic E-state index is 4.22. The molecule has 0 aromatic carbocycles. The summed E-state index contributed by atoms with van der Waals surface area (Å²) < 4.78 is 0. The van der Waals surface area contributed by atoms with Gasteiger partial charge in [0, 0.05) is 11.6 Å². The maximum Gasteiger partial charge on any atom is 0.0718 e. The van der Waals surface area contributed by atoms with Crippen LogP contribution in [0, 0.1) is 0 Å². The Balaban J connectivity index is 3.20. The summed E-state index contributed by atoms with van der Waals surface area (Å²) in [4.78, 5) is 0. The van der Waals surface area contributed by atoms with Crippen molar-refractivity contribution in [3.63, 3.8) is 0 Å². The molecule has 0 radical (unpaired) electrons. The highest BCUT2D eigenvalue weighted by atomic mass is 15.1. The van der Waals surface area contributed by atoms with Crippen molar-refractivity contribution in [2.24, 2.45) is 0 Å². The first-order chi connectivity index (χ1) is 5.93. The molecule has 0 saturated carbocycles. The highest BCUT2D eigenvalue weighted by Gasteiger charge is 2.20. The summed E-state index contributed by atoms with van der Waals surface area (Å²) in [5.74, 6) is 0.518. The van der Waals surface area contributed by atoms with Crippen LogP contribution in [0.4, 0.5) is 0 Å². The largest absolute Gasteiger partial charge is 0.159 e. The topological polar surface area (TPSA) is 25.8 Å². The van der Waals surface area contributed by atoms with Crippen LogP contribution in [0.25, 0.3) is 0 Å². The van der Waals surface area contributed by atoms with Gasteiger partial charge in [0.15, 0.2) is 0 Å². The van der Waals surface area contributed by atoms with Crippen molar-refractivity contribution >= 4 is 0 Å². The monoisotopic (exact) mass is 178 g/mol. The van der Waals surface area contributed by atoms with E-state index in [-0.39, 0.29) is 5.41 Å². The molecule has 0 spiro atoms. The Hall–Kier alpha value is -0.920. The van der Waals surface area contributed by atoms with Gasteiger partial charge >= 0.3 is 0 Å². The number of rotatable bonds is 1. The van der Waals surface area contributed by atoms with E-state index in [0.717, 1.165) is 5.69 Å². The van der Waals surface area contributed by atoms with Gasteiger partial charge in [-0.2, -0.15) is 10.2 Å². The van der Waals surface area contributed by atoms with Crippen molar-refractivity contribution in [3.8, 4) is 0 Å². The van der Waals surface area contributed by atoms with Crippen LogP contribution >= 0.6 is 0 Å². The Kier molecular flexibility index (Phi) is 2.69. The fourth-order valence-electron chi connectivity index (χ4n) is 1.39. The van der Waals surface area contributed by atoms with Crippen molar-refractivity contribution in [2.45, 2.75) is 46.0 Å². The summed E-state index contributed by atoms with van der Waals surface area (Å²) in [6.45, 7) is 10.9. The van der Waals surface area contributed by atoms with Crippen LogP contribution in [-0.2, 0) is 5.41 Å². The Morgan fingerprint density at radius 1 is 1.23 bits per heavy atom. The van der Waals surface area contributed by atoms with Crippen molar-refractivity contribution in [2.75, 3.05) is 0 Å². The van der Waals surface area contributed by atoms with Crippen LogP contribution in [0.2, 0.25) is 0 Å². The van der Waals surface area contributed by atoms with E-state index in [2.05, 4.69) is 50.9 Å². The minimum atomic E-state index is 0.0911. The summed E-state index contributed by atoms with van der Waals surface area (Å²) in [7, 11) is 0. The Bertz CT molecular complexity index is 284. The Labute approximate surface area is 80.4 Å². The fourth-order valence-corrected chi connectivity index (χ4v) is 1.39. The average Bonchev–Trinajstić information content (AvgIpc) is 2.03. The second-order valence-corrected chi connectivity index (χ2v) is 4.74. The SMILES string of the molecule is CC(C)c1ccnnc1C(C)(C)C. The zero-order chi connectivity index (χ0) is 10.1. The molecule has 0 aliphatic carbocycles. The number of hydrogen-bond acceptors (Lipinski definition) is 2. The first-order valence-electron chi connectivity index (χ1n) is 4.75. The lowest BCUT2D eigenvalue weighted by atomic mass is 9.85. The van der Waals surface area contributed by atoms with E-state index in [1.807, 2.05) is 0 Å². The van der Waals surface area contributed by atoms with Crippen LogP contribution in [0.15, 0.2) is 12.3 Å². The van der Waals surface area contributed by atoms with E-state index in [1.165, 1.54) is 5.56 Å². The van der Waals surface area contributed by atoms with Crippen molar-refractivity contribution in [1.29, 1.82) is 0 Å². The van der Waals surface area contributed by atoms with Crippen LogP contribution in [0.5, 0.6) is 0 Å². The predicted molar refractivity (Wildman–Crippen MR) is 54.8 cm³/mol. The third-order valence-corrected chi connectivity index (χ3v) is 2.08. The minimum absolute atomic E-state index is 0.0911. The molecule has 0 bridgehead atoms. The molecule has 1 aromatic heterocycles. The molecule has 1 rings (SSSR count). The number of nitrogens with zero attached hydrogens (tertiary/aromatic N) is 2. The zero-order valence-electron chi connectivity index (χ0n) is 9.13. The highest BCUT2D eigenvalue weighted by Crippen LogP contribution is 2.27. The summed E-state index contributed by atoms with van der Waals surface area (Å²) in [5, 5.41) is 8.17. The molecule has 72 valence electrons. The Morgan fingerprint density at radius 2 is 1.85 bits per heavy atom. The van der Waals surface area contributed by atoms with Crippen molar-refractivity contribution in [1.82, 2.24) is 10.2 Å². The van der Waals surface area contributed by atoms with Gasteiger partial charge in [0.05, 0.1) is 5.69 Å². The second kappa shape index (κ2) is 3.44. The predicted octanol–water partition coefficient (Wildman–Crippen LogP) is 2.90. The smallest absolute Gasteiger partial charge is 0.0718 e. The molecule has 2 heteroatoms. The van der Waals surface area contributed by atoms with E-state index in [1.54, 1.807) is 6.20 Å². The molecule has 0 fully saturated rings. The van der Waals surface area contributed by atoms with Gasteiger partial charge in [0.2, 0.25) is 0 Å². The van der Waals surface area contributed by atoms with Crippen LogP contribution in [-0.4, -0.2) is 10.2 Å². The van der Waals surface area contributed by atoms with Crippen molar-refractivity contribution in [3.05, 3.63) is 23.5 Å². The molecule has 1 aromatic rings. The lowest BCUT2D eigenvalue weighted by Gasteiger charge is -2.21. The van der Waals surface area contributed by atoms with Gasteiger partial charge in [0.1, 0.15) is 0 Å². The first-order valence-corrected chi connectivity index (χ1v) is 4.75. The normalized spacial score (nSPS) is 12.2. The molecule has 0 saturated heterocycles. The van der Waals surface area contributed by atoms with Gasteiger partial charge in [-0.1, -0.05) is 34.6 Å². The number of aromatic nitrogens is 2. The molecular weight excluding hydrogens is 160 g/mol. The second-order valence-electron chi connectivity index (χ2n) is 4.74. The van der Waals surface area contributed by atoms with Gasteiger partial charge < -0.3 is 0 Å². The molecule has 0 aliphatic rings. The Morgan fingerprint density at radius 3 is 2.23 bits per heavy atom. The maximum absolute atomic E-state index is 4.22. The summed E-state index contributed by atoms with van der Waals surface area (Å²) in [5.41, 5.74) is 2.51. The molecular formula is C11H18N2. The quantitative estimate of drug-likeness (QED) is 0.660. The molecule has 1 heterocycles. The molecule has 0 atom stereocenters. The van der Waals surface area contributed by atoms with Gasteiger partial charge in [-0.15, -0.1) is 0 Å². The highest BCUT2D eigenvalue weighted by molar-refractivity contribution is 5.26. The number of hydrogen-bond donors (Lipinski definition) is 0. The summed E-state index contributed by atoms with van der Waals surface area (Å²) in [6.07, 6.45) is 1.77. The molecule has 13 heavy (non-hydrogen) atoms. The van der Waals surface area contributed by atoms with Crippen LogP contribution < -0.4 is 0 Å². The van der Waals surface area contributed by atoms with E-state index in [0.29, 0.717) is 5.92 Å². The van der Waals surface area contributed by atoms with Gasteiger partial charge in [0.25, 0.3) is 0 Å². The van der Waals surface area contributed by atoms with E-state index in [4.69, 9.17) is 0 Å². The average molecular weight is 178 g/mol. The fraction of sp³-hybridized carbons (Fsp3) is 0.636. The van der Waals surface area contributed by atoms with Crippen molar-refractivity contribution < 1.29 is 0 Å². The molecule has 0 amide bonds. The molecule has 0 N–H and O–H groups in total. The lowest BCUT2D eigenvalue weighted by Crippen LogP contribution is -2.17. The molecule has 2 nitrogen and oxygen atoms in total. The summed E-state index contributed by atoms with van der Waals surface area (Å²) >= 11 is 0. The van der Waals surface area contributed by atoms with Gasteiger partial charge in [-0.05, 0) is 17.5 Å². The molecule has 0 aliphatic heterocycles. The molecule has 0 unspecified atom stereocenters. The standard InChI is InChI=1S/C11H18N2/c1-8(2)9-6-7-12-13-10(9)11(3,4)5/h6-8H,1-5H3. The van der Waals surface area contributed by atoms with Crippen LogP contribution in [0.3, 0.4) is 0 Å². The summed E-state index contributed by atoms with van der Waals surface area (Å²) in [6, 6.07) is 2.07. The third-order valence-electron chi connectivity index (χ3n) is 2.08.